The number of rotatable bonds is 7. The fourth-order valence-electron chi connectivity index (χ4n) is 4.26. The van der Waals surface area contributed by atoms with E-state index in [0.717, 1.165) is 65.2 Å². The number of esters is 1. The number of fused-ring (bicyclic) bond motifs is 1. The number of ether oxygens (including phenoxy) is 2. The Kier molecular flexibility index (Phi) is 10.5. The first-order chi connectivity index (χ1) is 16.7. The standard InChI is InChI=1S/C28H33BrFNO3S.BrH/c1-28(2,3)27(32)34-21-9-10-25-23(17-21)26(24(29)12-16-35-25)19-5-7-20(8-6-19)33-22-11-15-31(18-22)14-4-13-30;/h5-10,17,22H,4,11-16,18H2,1-3H3;1H/t22-;/m0./s1. The Morgan fingerprint density at radius 2 is 1.89 bits per heavy atom. The molecule has 0 radical (unpaired) electrons. The second kappa shape index (κ2) is 12.9. The Bertz CT molecular complexity index is 1090. The fourth-order valence-corrected chi connectivity index (χ4v) is 6.17. The molecule has 0 aromatic heterocycles. The van der Waals surface area contributed by atoms with E-state index >= 15 is 0 Å². The number of nitrogens with zero attached hydrogens (tertiary/aromatic N) is 1. The molecular weight excluding hydrogens is 609 g/mol. The number of alkyl halides is 1. The molecule has 0 amide bonds. The minimum Gasteiger partial charge on any atom is -0.489 e. The summed E-state index contributed by atoms with van der Waals surface area (Å²) >= 11 is 5.64. The number of allylic oxidation sites excluding steroid dienone is 1. The maximum Gasteiger partial charge on any atom is 0.316 e. The first-order valence-electron chi connectivity index (χ1n) is 12.2. The molecule has 4 rings (SSSR count). The molecule has 0 aliphatic carbocycles. The molecule has 2 aromatic carbocycles. The van der Waals surface area contributed by atoms with Gasteiger partial charge in [-0.05, 0) is 75.9 Å². The van der Waals surface area contributed by atoms with Crippen molar-refractivity contribution in [1.29, 1.82) is 0 Å². The highest BCUT2D eigenvalue weighted by Gasteiger charge is 2.26. The Balaban J connectivity index is 0.00000361. The van der Waals surface area contributed by atoms with Crippen molar-refractivity contribution in [3.05, 3.63) is 58.1 Å². The van der Waals surface area contributed by atoms with E-state index in [0.29, 0.717) is 12.2 Å². The zero-order chi connectivity index (χ0) is 25.0. The summed E-state index contributed by atoms with van der Waals surface area (Å²) in [5.74, 6) is 2.13. The summed E-state index contributed by atoms with van der Waals surface area (Å²) < 4.78 is 25.5. The van der Waals surface area contributed by atoms with Crippen LogP contribution < -0.4 is 9.47 Å². The van der Waals surface area contributed by atoms with Crippen LogP contribution in [0.4, 0.5) is 4.39 Å². The Labute approximate surface area is 236 Å². The molecule has 0 saturated carbocycles. The first-order valence-corrected chi connectivity index (χ1v) is 14.0. The van der Waals surface area contributed by atoms with Crippen LogP contribution in [0.3, 0.4) is 0 Å². The van der Waals surface area contributed by atoms with Crippen LogP contribution in [0.5, 0.6) is 11.5 Å². The normalized spacial score (nSPS) is 18.3. The number of carbonyl (C=O) groups is 1. The largest absolute Gasteiger partial charge is 0.489 e. The number of carbonyl (C=O) groups excluding carboxylic acids is 1. The van der Waals surface area contributed by atoms with Gasteiger partial charge in [-0.2, -0.15) is 0 Å². The van der Waals surface area contributed by atoms with Gasteiger partial charge in [0.15, 0.2) is 0 Å². The van der Waals surface area contributed by atoms with Crippen LogP contribution >= 0.6 is 44.7 Å². The summed E-state index contributed by atoms with van der Waals surface area (Å²) in [6.45, 7) is 7.89. The van der Waals surface area contributed by atoms with E-state index in [1.54, 1.807) is 0 Å². The molecule has 2 aromatic rings. The van der Waals surface area contributed by atoms with Crippen molar-refractivity contribution in [2.75, 3.05) is 32.1 Å². The molecule has 2 aliphatic rings. The number of hydrogen-bond donors (Lipinski definition) is 0. The number of thioether (sulfide) groups is 1. The highest BCUT2D eigenvalue weighted by molar-refractivity contribution is 9.11. The summed E-state index contributed by atoms with van der Waals surface area (Å²) in [5.41, 5.74) is 2.69. The van der Waals surface area contributed by atoms with E-state index in [9.17, 15) is 9.18 Å². The molecule has 4 nitrogen and oxygen atoms in total. The van der Waals surface area contributed by atoms with E-state index in [1.165, 1.54) is 4.90 Å². The predicted molar refractivity (Wildman–Crippen MR) is 155 cm³/mol. The highest BCUT2D eigenvalue weighted by Crippen LogP contribution is 2.43. The van der Waals surface area contributed by atoms with Crippen molar-refractivity contribution in [3.8, 4) is 11.5 Å². The van der Waals surface area contributed by atoms with E-state index in [4.69, 9.17) is 9.47 Å². The van der Waals surface area contributed by atoms with Crippen molar-refractivity contribution < 1.29 is 18.7 Å². The maximum atomic E-state index is 12.5. The molecule has 1 fully saturated rings. The van der Waals surface area contributed by atoms with Gasteiger partial charge in [0.2, 0.25) is 0 Å². The van der Waals surface area contributed by atoms with Gasteiger partial charge in [-0.25, -0.2) is 0 Å². The number of halogens is 3. The van der Waals surface area contributed by atoms with Crippen LogP contribution in [0, 0.1) is 5.41 Å². The summed E-state index contributed by atoms with van der Waals surface area (Å²) in [4.78, 5) is 15.9. The second-order valence-electron chi connectivity index (χ2n) is 10.1. The lowest BCUT2D eigenvalue weighted by atomic mass is 9.96. The van der Waals surface area contributed by atoms with E-state index in [1.807, 2.05) is 62.9 Å². The fraction of sp³-hybridized carbons (Fsp3) is 0.464. The third kappa shape index (κ3) is 7.36. The Morgan fingerprint density at radius 3 is 2.58 bits per heavy atom. The molecule has 2 heterocycles. The van der Waals surface area contributed by atoms with Gasteiger partial charge in [-0.15, -0.1) is 28.7 Å². The van der Waals surface area contributed by atoms with Crippen molar-refractivity contribution in [2.24, 2.45) is 5.41 Å². The van der Waals surface area contributed by atoms with Crippen LogP contribution in [-0.4, -0.2) is 49.0 Å². The molecule has 0 bridgehead atoms. The predicted octanol–water partition coefficient (Wildman–Crippen LogP) is 7.68. The van der Waals surface area contributed by atoms with E-state index in [-0.39, 0.29) is 35.7 Å². The topological polar surface area (TPSA) is 38.8 Å². The van der Waals surface area contributed by atoms with Crippen LogP contribution in [0.25, 0.3) is 5.57 Å². The quantitative estimate of drug-likeness (QED) is 0.229. The molecular formula is C28H34Br2FNO3S. The average molecular weight is 643 g/mol. The average Bonchev–Trinajstić information content (AvgIpc) is 3.19. The smallest absolute Gasteiger partial charge is 0.316 e. The van der Waals surface area contributed by atoms with E-state index < -0.39 is 5.41 Å². The SMILES string of the molecule is Br.CC(C)(C)C(=O)Oc1ccc2c(c1)C(c1ccc(O[C@H]3CCN(CCCF)C3)cc1)=C(Br)CCS2. The molecule has 0 spiro atoms. The third-order valence-corrected chi connectivity index (χ3v) is 8.04. The molecule has 1 saturated heterocycles. The third-order valence-electron chi connectivity index (χ3n) is 6.18. The molecule has 8 heteroatoms. The van der Waals surface area contributed by atoms with E-state index in [2.05, 4.69) is 33.0 Å². The lowest BCUT2D eigenvalue weighted by Crippen LogP contribution is -2.26. The zero-order valence-electron chi connectivity index (χ0n) is 21.0. The molecule has 0 unspecified atom stereocenters. The monoisotopic (exact) mass is 641 g/mol. The highest BCUT2D eigenvalue weighted by atomic mass is 79.9. The minimum atomic E-state index is -0.569. The van der Waals surface area contributed by atoms with Gasteiger partial charge >= 0.3 is 5.97 Å². The van der Waals surface area contributed by atoms with Gasteiger partial charge in [0.25, 0.3) is 0 Å². The van der Waals surface area contributed by atoms with Gasteiger partial charge in [0.1, 0.15) is 17.6 Å². The zero-order valence-corrected chi connectivity index (χ0v) is 25.1. The molecule has 196 valence electrons. The number of likely N-dealkylation sites (tertiary alicyclic amines) is 1. The minimum absolute atomic E-state index is 0. The lowest BCUT2D eigenvalue weighted by molar-refractivity contribution is -0.143. The lowest BCUT2D eigenvalue weighted by Gasteiger charge is -2.19. The van der Waals surface area contributed by atoms with Gasteiger partial charge in [-0.1, -0.05) is 28.1 Å². The summed E-state index contributed by atoms with van der Waals surface area (Å²) in [6, 6.07) is 14.1. The number of benzene rings is 2. The Morgan fingerprint density at radius 1 is 1.17 bits per heavy atom. The van der Waals surface area contributed by atoms with Crippen LogP contribution in [0.15, 0.2) is 51.8 Å². The molecule has 1 atom stereocenters. The van der Waals surface area contributed by atoms with Gasteiger partial charge < -0.3 is 9.47 Å². The number of hydrogen-bond acceptors (Lipinski definition) is 5. The van der Waals surface area contributed by atoms with Crippen LogP contribution in [-0.2, 0) is 4.79 Å². The summed E-state index contributed by atoms with van der Waals surface area (Å²) in [7, 11) is 0. The molecule has 2 aliphatic heterocycles. The Hall–Kier alpha value is -1.35. The van der Waals surface area contributed by atoms with Crippen LogP contribution in [0.2, 0.25) is 0 Å². The summed E-state index contributed by atoms with van der Waals surface area (Å²) in [6.07, 6.45) is 2.61. The van der Waals surface area contributed by atoms with Crippen molar-refractivity contribution in [1.82, 2.24) is 4.90 Å². The van der Waals surface area contributed by atoms with Gasteiger partial charge in [-0.3, -0.25) is 14.1 Å². The maximum absolute atomic E-state index is 12.5. The van der Waals surface area contributed by atoms with Crippen molar-refractivity contribution in [2.45, 2.75) is 51.0 Å². The van der Waals surface area contributed by atoms with Gasteiger partial charge in [0.05, 0.1) is 12.1 Å². The van der Waals surface area contributed by atoms with Gasteiger partial charge in [0, 0.05) is 45.9 Å². The molecule has 0 N–H and O–H groups in total. The van der Waals surface area contributed by atoms with Crippen LogP contribution in [0.1, 0.15) is 51.2 Å². The van der Waals surface area contributed by atoms with Crippen molar-refractivity contribution >= 4 is 56.2 Å². The molecule has 36 heavy (non-hydrogen) atoms. The summed E-state index contributed by atoms with van der Waals surface area (Å²) in [5, 5.41) is 0. The first kappa shape index (κ1) is 29.2. The second-order valence-corrected chi connectivity index (χ2v) is 12.2. The van der Waals surface area contributed by atoms with Crippen molar-refractivity contribution in [3.63, 3.8) is 0 Å².